The Hall–Kier alpha value is -0.450. The average Bonchev–Trinajstić information content (AvgIpc) is 2.93. The summed E-state index contributed by atoms with van der Waals surface area (Å²) in [6, 6.07) is 2.27. The number of likely N-dealkylation sites (N-methyl/N-ethyl adjacent to an activating group) is 1. The molecule has 2 aliphatic rings. The maximum atomic E-state index is 4.44. The number of hydrogen-bond donors (Lipinski definition) is 1. The summed E-state index contributed by atoms with van der Waals surface area (Å²) >= 11 is 1.79. The van der Waals surface area contributed by atoms with E-state index in [9.17, 15) is 0 Å². The van der Waals surface area contributed by atoms with Crippen molar-refractivity contribution in [3.8, 4) is 0 Å². The molecule has 3 heterocycles. The summed E-state index contributed by atoms with van der Waals surface area (Å²) in [4.78, 5) is 7.05. The number of aromatic nitrogens is 1. The van der Waals surface area contributed by atoms with Crippen LogP contribution in [0.2, 0.25) is 0 Å². The molecule has 0 radical (unpaired) electrons. The predicted molar refractivity (Wildman–Crippen MR) is 76.0 cm³/mol. The van der Waals surface area contributed by atoms with Gasteiger partial charge in [0.2, 0.25) is 0 Å². The second-order valence-corrected chi connectivity index (χ2v) is 6.79. The van der Waals surface area contributed by atoms with Crippen LogP contribution in [0.3, 0.4) is 0 Å². The van der Waals surface area contributed by atoms with E-state index in [1.807, 2.05) is 6.20 Å². The fourth-order valence-corrected chi connectivity index (χ4v) is 4.50. The zero-order chi connectivity index (χ0) is 12.5. The second-order valence-electron chi connectivity index (χ2n) is 5.81. The molecule has 1 aromatic heterocycles. The molecule has 0 aromatic carbocycles. The first-order chi connectivity index (χ1) is 8.78. The Balaban J connectivity index is 1.66. The minimum Gasteiger partial charge on any atom is -0.316 e. The summed E-state index contributed by atoms with van der Waals surface area (Å²) in [6.45, 7) is 0. The van der Waals surface area contributed by atoms with E-state index < -0.39 is 0 Å². The second kappa shape index (κ2) is 5.27. The van der Waals surface area contributed by atoms with Crippen LogP contribution in [0, 0.1) is 5.92 Å². The van der Waals surface area contributed by atoms with Crippen LogP contribution in [-0.2, 0) is 6.42 Å². The zero-order valence-electron chi connectivity index (χ0n) is 11.3. The number of fused-ring (bicyclic) bond motifs is 2. The van der Waals surface area contributed by atoms with Gasteiger partial charge in [0.25, 0.3) is 0 Å². The van der Waals surface area contributed by atoms with Crippen LogP contribution >= 0.6 is 11.3 Å². The van der Waals surface area contributed by atoms with Crippen LogP contribution in [-0.4, -0.2) is 42.1 Å². The van der Waals surface area contributed by atoms with Crippen molar-refractivity contribution in [1.82, 2.24) is 15.2 Å². The van der Waals surface area contributed by atoms with Gasteiger partial charge in [-0.25, -0.2) is 4.98 Å². The van der Waals surface area contributed by atoms with E-state index in [4.69, 9.17) is 0 Å². The van der Waals surface area contributed by atoms with E-state index in [1.54, 1.807) is 11.3 Å². The highest BCUT2D eigenvalue weighted by Gasteiger charge is 2.40. The van der Waals surface area contributed by atoms with E-state index in [-0.39, 0.29) is 0 Å². The molecule has 0 saturated carbocycles. The van der Waals surface area contributed by atoms with Crippen LogP contribution in [0.5, 0.6) is 0 Å². The Morgan fingerprint density at radius 1 is 1.44 bits per heavy atom. The Kier molecular flexibility index (Phi) is 3.68. The summed E-state index contributed by atoms with van der Waals surface area (Å²) in [6.07, 6.45) is 8.57. The molecule has 2 bridgehead atoms. The highest BCUT2D eigenvalue weighted by Crippen LogP contribution is 2.39. The number of nitrogens with one attached hydrogen (secondary N) is 1. The van der Waals surface area contributed by atoms with Crippen molar-refractivity contribution < 1.29 is 0 Å². The van der Waals surface area contributed by atoms with E-state index in [1.165, 1.54) is 30.7 Å². The average molecular weight is 265 g/mol. The molecule has 3 unspecified atom stereocenters. The minimum atomic E-state index is 0.605. The third-order valence-electron chi connectivity index (χ3n) is 4.95. The van der Waals surface area contributed by atoms with Crippen molar-refractivity contribution in [2.24, 2.45) is 5.92 Å². The van der Waals surface area contributed by atoms with E-state index in [0.29, 0.717) is 6.04 Å². The summed E-state index contributed by atoms with van der Waals surface area (Å²) in [5.74, 6) is 0.826. The Morgan fingerprint density at radius 3 is 2.72 bits per heavy atom. The monoisotopic (exact) mass is 265 g/mol. The van der Waals surface area contributed by atoms with E-state index in [0.717, 1.165) is 24.4 Å². The summed E-state index contributed by atoms with van der Waals surface area (Å²) in [7, 11) is 4.42. The molecule has 2 saturated heterocycles. The standard InChI is InChI=1S/C14H23N3S/c1-15-13(9-14-16-5-6-18-14)10-7-11-3-4-12(8-10)17(11)2/h5-6,10-13,15H,3-4,7-9H2,1-2H3. The van der Waals surface area contributed by atoms with Gasteiger partial charge in [-0.3, -0.25) is 0 Å². The molecule has 1 N–H and O–H groups in total. The molecule has 100 valence electrons. The molecule has 0 aliphatic carbocycles. The molecule has 1 aromatic rings. The first-order valence-electron chi connectivity index (χ1n) is 7.05. The molecule has 4 heteroatoms. The van der Waals surface area contributed by atoms with Gasteiger partial charge >= 0.3 is 0 Å². The Morgan fingerprint density at radius 2 is 2.17 bits per heavy atom. The summed E-state index contributed by atoms with van der Waals surface area (Å²) in [5.41, 5.74) is 0. The Labute approximate surface area is 114 Å². The Bertz CT molecular complexity index is 364. The topological polar surface area (TPSA) is 28.2 Å². The highest BCUT2D eigenvalue weighted by molar-refractivity contribution is 7.09. The molecule has 2 fully saturated rings. The molecule has 0 amide bonds. The number of piperidine rings is 1. The summed E-state index contributed by atoms with van der Waals surface area (Å²) in [5, 5.41) is 6.90. The SMILES string of the molecule is CNC(Cc1nccs1)C1CC2CCC(C1)N2C. The van der Waals surface area contributed by atoms with Gasteiger partial charge in [0, 0.05) is 36.1 Å². The van der Waals surface area contributed by atoms with Crippen LogP contribution in [0.25, 0.3) is 0 Å². The fraction of sp³-hybridized carbons (Fsp3) is 0.786. The minimum absolute atomic E-state index is 0.605. The molecule has 3 atom stereocenters. The van der Waals surface area contributed by atoms with Crippen LogP contribution in [0.15, 0.2) is 11.6 Å². The van der Waals surface area contributed by atoms with Crippen LogP contribution in [0.1, 0.15) is 30.7 Å². The zero-order valence-corrected chi connectivity index (χ0v) is 12.1. The smallest absolute Gasteiger partial charge is 0.0940 e. The maximum Gasteiger partial charge on any atom is 0.0940 e. The molecular weight excluding hydrogens is 242 g/mol. The first-order valence-corrected chi connectivity index (χ1v) is 7.93. The summed E-state index contributed by atoms with van der Waals surface area (Å²) < 4.78 is 0. The van der Waals surface area contributed by atoms with E-state index in [2.05, 4.69) is 34.7 Å². The molecule has 18 heavy (non-hydrogen) atoms. The number of hydrogen-bond acceptors (Lipinski definition) is 4. The van der Waals surface area contributed by atoms with Gasteiger partial charge < -0.3 is 10.2 Å². The van der Waals surface area contributed by atoms with Crippen molar-refractivity contribution in [1.29, 1.82) is 0 Å². The van der Waals surface area contributed by atoms with Crippen LogP contribution in [0.4, 0.5) is 0 Å². The predicted octanol–water partition coefficient (Wildman–Crippen LogP) is 2.15. The lowest BCUT2D eigenvalue weighted by atomic mass is 9.84. The van der Waals surface area contributed by atoms with Crippen molar-refractivity contribution >= 4 is 11.3 Å². The van der Waals surface area contributed by atoms with E-state index >= 15 is 0 Å². The first kappa shape index (κ1) is 12.6. The molecule has 3 nitrogen and oxygen atoms in total. The van der Waals surface area contributed by atoms with Crippen molar-refractivity contribution in [3.63, 3.8) is 0 Å². The number of thiazole rings is 1. The van der Waals surface area contributed by atoms with Crippen molar-refractivity contribution in [2.75, 3.05) is 14.1 Å². The lowest BCUT2D eigenvalue weighted by Crippen LogP contribution is -2.47. The third-order valence-corrected chi connectivity index (χ3v) is 5.75. The largest absolute Gasteiger partial charge is 0.316 e. The molecule has 2 aliphatic heterocycles. The van der Waals surface area contributed by atoms with Gasteiger partial charge in [-0.1, -0.05) is 0 Å². The maximum absolute atomic E-state index is 4.44. The van der Waals surface area contributed by atoms with Gasteiger partial charge in [-0.2, -0.15) is 0 Å². The number of nitrogens with zero attached hydrogens (tertiary/aromatic N) is 2. The fourth-order valence-electron chi connectivity index (χ4n) is 3.83. The van der Waals surface area contributed by atoms with Gasteiger partial charge in [0.15, 0.2) is 0 Å². The third kappa shape index (κ3) is 2.33. The lowest BCUT2D eigenvalue weighted by Gasteiger charge is -2.39. The highest BCUT2D eigenvalue weighted by atomic mass is 32.1. The molecule has 0 spiro atoms. The van der Waals surface area contributed by atoms with Gasteiger partial charge in [0.1, 0.15) is 0 Å². The normalized spacial score (nSPS) is 33.8. The van der Waals surface area contributed by atoms with Crippen molar-refractivity contribution in [2.45, 2.75) is 50.2 Å². The quantitative estimate of drug-likeness (QED) is 0.904. The lowest BCUT2D eigenvalue weighted by molar-refractivity contribution is 0.114. The van der Waals surface area contributed by atoms with Gasteiger partial charge in [-0.05, 0) is 45.7 Å². The molecular formula is C14H23N3S. The molecule has 3 rings (SSSR count). The van der Waals surface area contributed by atoms with Gasteiger partial charge in [-0.15, -0.1) is 11.3 Å². The van der Waals surface area contributed by atoms with Crippen molar-refractivity contribution in [3.05, 3.63) is 16.6 Å². The van der Waals surface area contributed by atoms with Crippen LogP contribution < -0.4 is 5.32 Å². The van der Waals surface area contributed by atoms with Gasteiger partial charge in [0.05, 0.1) is 5.01 Å². The number of rotatable bonds is 4.